The molecule has 4 nitrogen and oxygen atoms in total. The van der Waals surface area contributed by atoms with Gasteiger partial charge >= 0.3 is 0 Å². The molecule has 0 aliphatic heterocycles. The monoisotopic (exact) mass is 178 g/mol. The highest BCUT2D eigenvalue weighted by molar-refractivity contribution is 4.89. The molecule has 0 spiro atoms. The molecular weight excluding hydrogens is 164 g/mol. The molecule has 1 N–H and O–H groups in total. The van der Waals surface area contributed by atoms with Gasteiger partial charge in [0.1, 0.15) is 0 Å². The summed E-state index contributed by atoms with van der Waals surface area (Å²) in [4.78, 5) is 0. The second kappa shape index (κ2) is 5.33. The summed E-state index contributed by atoms with van der Waals surface area (Å²) in [6.45, 7) is 3.62. The minimum Gasteiger partial charge on any atom is -0.302 e. The summed E-state index contributed by atoms with van der Waals surface area (Å²) in [5, 5.41) is 15.9. The van der Waals surface area contributed by atoms with E-state index in [0.29, 0.717) is 0 Å². The predicted molar refractivity (Wildman–Crippen MR) is 49.9 cm³/mol. The first-order chi connectivity index (χ1) is 6.36. The number of aryl methyl sites for hydroxylation is 1. The van der Waals surface area contributed by atoms with Crippen LogP contribution in [0.2, 0.25) is 0 Å². The van der Waals surface area contributed by atoms with Gasteiger partial charge in [-0.1, -0.05) is 6.92 Å². The van der Waals surface area contributed by atoms with Crippen molar-refractivity contribution >= 4 is 0 Å². The molecule has 0 aliphatic carbocycles. The fourth-order valence-electron chi connectivity index (χ4n) is 1.15. The zero-order valence-corrected chi connectivity index (χ0v) is 7.77. The van der Waals surface area contributed by atoms with E-state index in [9.17, 15) is 0 Å². The minimum atomic E-state index is -0.0609. The van der Waals surface area contributed by atoms with Crippen LogP contribution in [0.3, 0.4) is 0 Å². The zero-order valence-electron chi connectivity index (χ0n) is 7.77. The van der Waals surface area contributed by atoms with Crippen LogP contribution in [0.4, 0.5) is 0 Å². The predicted octanol–water partition coefficient (Wildman–Crippen LogP) is 0.775. The van der Waals surface area contributed by atoms with Crippen molar-refractivity contribution in [3.8, 4) is 6.07 Å². The number of nitriles is 1. The standard InChI is InChI=1S/C9H14N4/c1-2-11-9(8-10)4-7-13-6-3-5-12-13/h3,5-6,9,11H,2,4,7H2,1H3. The summed E-state index contributed by atoms with van der Waals surface area (Å²) < 4.78 is 1.84. The third-order valence-electron chi connectivity index (χ3n) is 1.81. The smallest absolute Gasteiger partial charge is 0.0970 e. The molecule has 0 amide bonds. The number of hydrogen-bond acceptors (Lipinski definition) is 3. The largest absolute Gasteiger partial charge is 0.302 e. The van der Waals surface area contributed by atoms with Gasteiger partial charge in [-0.3, -0.25) is 4.68 Å². The van der Waals surface area contributed by atoms with Crippen molar-refractivity contribution in [2.45, 2.75) is 25.9 Å². The highest BCUT2D eigenvalue weighted by Crippen LogP contribution is 1.94. The van der Waals surface area contributed by atoms with Crippen molar-refractivity contribution in [2.24, 2.45) is 0 Å². The molecule has 1 rings (SSSR count). The summed E-state index contributed by atoms with van der Waals surface area (Å²) in [5.41, 5.74) is 0. The van der Waals surface area contributed by atoms with E-state index >= 15 is 0 Å². The fraction of sp³-hybridized carbons (Fsp3) is 0.556. The third-order valence-corrected chi connectivity index (χ3v) is 1.81. The Kier molecular flexibility index (Phi) is 4.00. The van der Waals surface area contributed by atoms with Crippen molar-refractivity contribution in [3.05, 3.63) is 18.5 Å². The van der Waals surface area contributed by atoms with E-state index in [1.54, 1.807) is 6.20 Å². The molecule has 1 aromatic rings. The highest BCUT2D eigenvalue weighted by atomic mass is 15.3. The minimum absolute atomic E-state index is 0.0609. The Balaban J connectivity index is 2.29. The molecule has 13 heavy (non-hydrogen) atoms. The Morgan fingerprint density at radius 3 is 3.08 bits per heavy atom. The maximum absolute atomic E-state index is 8.74. The van der Waals surface area contributed by atoms with Gasteiger partial charge in [0.05, 0.1) is 12.1 Å². The Morgan fingerprint density at radius 1 is 1.69 bits per heavy atom. The molecule has 0 radical (unpaired) electrons. The third kappa shape index (κ3) is 3.26. The molecule has 4 heteroatoms. The second-order valence-electron chi connectivity index (χ2n) is 2.80. The Bertz CT molecular complexity index is 260. The normalized spacial score (nSPS) is 12.3. The van der Waals surface area contributed by atoms with Crippen LogP contribution in [0.15, 0.2) is 18.5 Å². The summed E-state index contributed by atoms with van der Waals surface area (Å²) in [7, 11) is 0. The molecular formula is C9H14N4. The van der Waals surface area contributed by atoms with Crippen LogP contribution in [0.25, 0.3) is 0 Å². The van der Waals surface area contributed by atoms with Gasteiger partial charge in [-0.05, 0) is 19.0 Å². The van der Waals surface area contributed by atoms with Crippen LogP contribution in [-0.2, 0) is 6.54 Å². The number of aromatic nitrogens is 2. The molecule has 0 saturated carbocycles. The van der Waals surface area contributed by atoms with E-state index < -0.39 is 0 Å². The van der Waals surface area contributed by atoms with Crippen LogP contribution in [0.1, 0.15) is 13.3 Å². The Labute approximate surface area is 78.2 Å². The van der Waals surface area contributed by atoms with Gasteiger partial charge in [0, 0.05) is 18.9 Å². The molecule has 70 valence electrons. The van der Waals surface area contributed by atoms with Crippen molar-refractivity contribution < 1.29 is 0 Å². The Hall–Kier alpha value is -1.34. The first kappa shape index (κ1) is 9.75. The molecule has 1 aromatic heterocycles. The van der Waals surface area contributed by atoms with E-state index in [4.69, 9.17) is 5.26 Å². The van der Waals surface area contributed by atoms with Crippen molar-refractivity contribution in [1.29, 1.82) is 5.26 Å². The molecule has 0 fully saturated rings. The van der Waals surface area contributed by atoms with Crippen molar-refractivity contribution in [1.82, 2.24) is 15.1 Å². The number of nitrogens with zero attached hydrogens (tertiary/aromatic N) is 3. The lowest BCUT2D eigenvalue weighted by molar-refractivity contribution is 0.502. The van der Waals surface area contributed by atoms with Crippen molar-refractivity contribution in [2.75, 3.05) is 6.54 Å². The summed E-state index contributed by atoms with van der Waals surface area (Å²) >= 11 is 0. The van der Waals surface area contributed by atoms with Gasteiger partial charge in [0.25, 0.3) is 0 Å². The van der Waals surface area contributed by atoms with Crippen LogP contribution in [-0.4, -0.2) is 22.4 Å². The van der Waals surface area contributed by atoms with E-state index in [-0.39, 0.29) is 6.04 Å². The summed E-state index contributed by atoms with van der Waals surface area (Å²) in [6, 6.07) is 4.04. The maximum Gasteiger partial charge on any atom is 0.0970 e. The van der Waals surface area contributed by atoms with Crippen LogP contribution >= 0.6 is 0 Å². The summed E-state index contributed by atoms with van der Waals surface area (Å²) in [6.07, 6.45) is 4.45. The molecule has 0 aromatic carbocycles. The van der Waals surface area contributed by atoms with Gasteiger partial charge in [0.15, 0.2) is 0 Å². The van der Waals surface area contributed by atoms with Crippen molar-refractivity contribution in [3.63, 3.8) is 0 Å². The van der Waals surface area contributed by atoms with Gasteiger partial charge in [-0.25, -0.2) is 0 Å². The van der Waals surface area contributed by atoms with E-state index in [1.807, 2.05) is 23.9 Å². The lowest BCUT2D eigenvalue weighted by Gasteiger charge is -2.08. The SMILES string of the molecule is CCNC(C#N)CCn1cccn1. The topological polar surface area (TPSA) is 53.6 Å². The van der Waals surface area contributed by atoms with Gasteiger partial charge in [-0.15, -0.1) is 0 Å². The average molecular weight is 178 g/mol. The molecule has 1 heterocycles. The quantitative estimate of drug-likeness (QED) is 0.724. The Morgan fingerprint density at radius 2 is 2.54 bits per heavy atom. The molecule has 1 atom stereocenters. The van der Waals surface area contributed by atoms with Crippen LogP contribution in [0, 0.1) is 11.3 Å². The van der Waals surface area contributed by atoms with E-state index in [2.05, 4.69) is 16.5 Å². The molecule has 0 saturated heterocycles. The molecule has 0 aliphatic rings. The second-order valence-corrected chi connectivity index (χ2v) is 2.80. The lowest BCUT2D eigenvalue weighted by Crippen LogP contribution is -2.28. The van der Waals surface area contributed by atoms with Crippen LogP contribution < -0.4 is 5.32 Å². The van der Waals surface area contributed by atoms with Gasteiger partial charge in [-0.2, -0.15) is 10.4 Å². The first-order valence-electron chi connectivity index (χ1n) is 4.47. The maximum atomic E-state index is 8.74. The average Bonchev–Trinajstić information content (AvgIpc) is 2.64. The zero-order chi connectivity index (χ0) is 9.52. The van der Waals surface area contributed by atoms with Gasteiger partial charge in [0.2, 0.25) is 0 Å². The highest BCUT2D eigenvalue weighted by Gasteiger charge is 2.04. The van der Waals surface area contributed by atoms with Gasteiger partial charge < -0.3 is 5.32 Å². The van der Waals surface area contributed by atoms with E-state index in [1.165, 1.54) is 0 Å². The number of nitrogens with one attached hydrogen (secondary N) is 1. The lowest BCUT2D eigenvalue weighted by atomic mass is 10.2. The van der Waals surface area contributed by atoms with Crippen LogP contribution in [0.5, 0.6) is 0 Å². The number of rotatable bonds is 5. The van der Waals surface area contributed by atoms with E-state index in [0.717, 1.165) is 19.5 Å². The molecule has 1 unspecified atom stereocenters. The fourth-order valence-corrected chi connectivity index (χ4v) is 1.15. The summed E-state index contributed by atoms with van der Waals surface area (Å²) in [5.74, 6) is 0. The molecule has 0 bridgehead atoms. The first-order valence-corrected chi connectivity index (χ1v) is 4.47. The number of hydrogen-bond donors (Lipinski definition) is 1.